The Morgan fingerprint density at radius 1 is 1.00 bits per heavy atom. The van der Waals surface area contributed by atoms with Crippen molar-refractivity contribution >= 4 is 57.6 Å². The van der Waals surface area contributed by atoms with Gasteiger partial charge in [0.15, 0.2) is 0 Å². The smallest absolute Gasteiger partial charge is 0.208 e. The minimum absolute atomic E-state index is 0. The SMILES string of the molecule is Cc1cc(Nc2nc3ccccc3n2C)c2ccc(Cl)cc2n1.Cl. The van der Waals surface area contributed by atoms with Crippen LogP contribution in [0, 0.1) is 6.92 Å². The fourth-order valence-corrected chi connectivity index (χ4v) is 2.98. The van der Waals surface area contributed by atoms with Gasteiger partial charge in [-0.2, -0.15) is 0 Å². The van der Waals surface area contributed by atoms with Crippen LogP contribution in [0.4, 0.5) is 11.6 Å². The van der Waals surface area contributed by atoms with Crippen molar-refractivity contribution in [2.24, 2.45) is 7.05 Å². The number of para-hydroxylation sites is 2. The number of fused-ring (bicyclic) bond motifs is 2. The first-order chi connectivity index (χ1) is 11.1. The molecule has 2 aromatic heterocycles. The van der Waals surface area contributed by atoms with Crippen LogP contribution in [0.2, 0.25) is 5.02 Å². The fourth-order valence-electron chi connectivity index (χ4n) is 2.82. The van der Waals surface area contributed by atoms with Gasteiger partial charge in [0, 0.05) is 23.2 Å². The lowest BCUT2D eigenvalue weighted by Crippen LogP contribution is -2.00. The highest BCUT2D eigenvalue weighted by Crippen LogP contribution is 2.29. The number of benzene rings is 2. The van der Waals surface area contributed by atoms with E-state index >= 15 is 0 Å². The van der Waals surface area contributed by atoms with Gasteiger partial charge in [0.05, 0.1) is 22.2 Å². The lowest BCUT2D eigenvalue weighted by molar-refractivity contribution is 0.958. The van der Waals surface area contributed by atoms with Crippen molar-refractivity contribution in [3.8, 4) is 0 Å². The van der Waals surface area contributed by atoms with Gasteiger partial charge < -0.3 is 9.88 Å². The summed E-state index contributed by atoms with van der Waals surface area (Å²) in [7, 11) is 2.00. The van der Waals surface area contributed by atoms with Gasteiger partial charge in [-0.05, 0) is 43.3 Å². The molecular formula is C18H16Cl2N4. The number of nitrogens with zero attached hydrogens (tertiary/aromatic N) is 3. The lowest BCUT2D eigenvalue weighted by Gasteiger charge is -2.11. The summed E-state index contributed by atoms with van der Waals surface area (Å²) in [6.45, 7) is 1.97. The Balaban J connectivity index is 0.00000169. The third-order valence-corrected chi connectivity index (χ3v) is 4.17. The second kappa shape index (κ2) is 6.30. The van der Waals surface area contributed by atoms with E-state index in [2.05, 4.69) is 21.4 Å². The number of nitrogens with one attached hydrogen (secondary N) is 1. The maximum atomic E-state index is 6.09. The highest BCUT2D eigenvalue weighted by atomic mass is 35.5. The second-order valence-electron chi connectivity index (χ2n) is 5.58. The van der Waals surface area contributed by atoms with Crippen molar-refractivity contribution in [2.45, 2.75) is 6.92 Å². The second-order valence-corrected chi connectivity index (χ2v) is 6.02. The summed E-state index contributed by atoms with van der Waals surface area (Å²) in [5.41, 5.74) is 4.84. The Morgan fingerprint density at radius 3 is 2.58 bits per heavy atom. The molecule has 0 spiro atoms. The first kappa shape index (κ1) is 16.6. The number of imidazole rings is 1. The van der Waals surface area contributed by atoms with Crippen LogP contribution in [0.1, 0.15) is 5.69 Å². The van der Waals surface area contributed by atoms with Crippen LogP contribution in [0.5, 0.6) is 0 Å². The Morgan fingerprint density at radius 2 is 1.79 bits per heavy atom. The molecule has 0 radical (unpaired) electrons. The number of halogens is 2. The first-order valence-electron chi connectivity index (χ1n) is 7.37. The summed E-state index contributed by atoms with van der Waals surface area (Å²) in [5.74, 6) is 0.799. The van der Waals surface area contributed by atoms with Crippen LogP contribution in [-0.2, 0) is 7.05 Å². The summed E-state index contributed by atoms with van der Waals surface area (Å²) in [6.07, 6.45) is 0. The Kier molecular flexibility index (Phi) is 4.35. The molecule has 122 valence electrons. The molecule has 1 N–H and O–H groups in total. The van der Waals surface area contributed by atoms with E-state index < -0.39 is 0 Å². The summed E-state index contributed by atoms with van der Waals surface area (Å²) < 4.78 is 2.05. The quantitative estimate of drug-likeness (QED) is 0.532. The molecule has 0 aliphatic rings. The minimum atomic E-state index is 0. The van der Waals surface area contributed by atoms with E-state index in [4.69, 9.17) is 11.6 Å². The predicted molar refractivity (Wildman–Crippen MR) is 103 cm³/mol. The van der Waals surface area contributed by atoms with E-state index in [9.17, 15) is 0 Å². The van der Waals surface area contributed by atoms with Crippen LogP contribution >= 0.6 is 24.0 Å². The van der Waals surface area contributed by atoms with Crippen molar-refractivity contribution < 1.29 is 0 Å². The van der Waals surface area contributed by atoms with Crippen molar-refractivity contribution in [3.63, 3.8) is 0 Å². The van der Waals surface area contributed by atoms with Gasteiger partial charge in [0.1, 0.15) is 0 Å². The molecule has 0 aliphatic heterocycles. The van der Waals surface area contributed by atoms with E-state index in [-0.39, 0.29) is 12.4 Å². The number of hydrogen-bond donors (Lipinski definition) is 1. The van der Waals surface area contributed by atoms with E-state index in [0.29, 0.717) is 5.02 Å². The fraction of sp³-hybridized carbons (Fsp3) is 0.111. The van der Waals surface area contributed by atoms with Gasteiger partial charge in [-0.1, -0.05) is 23.7 Å². The molecule has 0 unspecified atom stereocenters. The zero-order valence-corrected chi connectivity index (χ0v) is 14.8. The monoisotopic (exact) mass is 358 g/mol. The van der Waals surface area contributed by atoms with E-state index in [1.807, 2.05) is 61.0 Å². The standard InChI is InChI=1S/C18H15ClN4.ClH/c1-11-9-15(13-8-7-12(19)10-16(13)20-11)22-18-21-14-5-3-4-6-17(14)23(18)2;/h3-10H,1-2H3,(H,20,21,22);1H. The van der Waals surface area contributed by atoms with Crippen LogP contribution in [0.15, 0.2) is 48.5 Å². The van der Waals surface area contributed by atoms with Gasteiger partial charge in [-0.3, -0.25) is 4.98 Å². The molecule has 0 aliphatic carbocycles. The van der Waals surface area contributed by atoms with Crippen LogP contribution < -0.4 is 5.32 Å². The number of pyridine rings is 1. The van der Waals surface area contributed by atoms with Crippen LogP contribution in [0.3, 0.4) is 0 Å². The average Bonchev–Trinajstić information content (AvgIpc) is 2.83. The molecule has 4 nitrogen and oxygen atoms in total. The van der Waals surface area contributed by atoms with E-state index in [0.717, 1.165) is 39.3 Å². The van der Waals surface area contributed by atoms with Crippen molar-refractivity contribution in [1.82, 2.24) is 14.5 Å². The Hall–Kier alpha value is -2.30. The van der Waals surface area contributed by atoms with Gasteiger partial charge >= 0.3 is 0 Å². The number of aryl methyl sites for hydroxylation is 2. The number of aromatic nitrogens is 3. The van der Waals surface area contributed by atoms with Crippen molar-refractivity contribution in [1.29, 1.82) is 0 Å². The van der Waals surface area contributed by atoms with Gasteiger partial charge in [-0.25, -0.2) is 4.98 Å². The molecular weight excluding hydrogens is 343 g/mol. The van der Waals surface area contributed by atoms with Crippen molar-refractivity contribution in [3.05, 3.63) is 59.2 Å². The van der Waals surface area contributed by atoms with Crippen molar-refractivity contribution in [2.75, 3.05) is 5.32 Å². The molecule has 0 bridgehead atoms. The normalized spacial score (nSPS) is 10.8. The largest absolute Gasteiger partial charge is 0.325 e. The third kappa shape index (κ3) is 2.79. The molecule has 4 rings (SSSR count). The van der Waals surface area contributed by atoms with Crippen LogP contribution in [0.25, 0.3) is 21.9 Å². The third-order valence-electron chi connectivity index (χ3n) is 3.93. The first-order valence-corrected chi connectivity index (χ1v) is 7.75. The average molecular weight is 359 g/mol. The zero-order chi connectivity index (χ0) is 16.0. The summed E-state index contributed by atoms with van der Waals surface area (Å²) >= 11 is 6.09. The molecule has 0 amide bonds. The minimum Gasteiger partial charge on any atom is -0.325 e. The molecule has 0 fully saturated rings. The van der Waals surface area contributed by atoms with E-state index in [1.54, 1.807) is 0 Å². The highest BCUT2D eigenvalue weighted by Gasteiger charge is 2.10. The number of hydrogen-bond acceptors (Lipinski definition) is 3. The maximum Gasteiger partial charge on any atom is 0.208 e. The molecule has 2 heterocycles. The van der Waals surface area contributed by atoms with Gasteiger partial charge in [0.2, 0.25) is 5.95 Å². The molecule has 24 heavy (non-hydrogen) atoms. The van der Waals surface area contributed by atoms with Gasteiger partial charge in [-0.15, -0.1) is 12.4 Å². The maximum absolute atomic E-state index is 6.09. The van der Waals surface area contributed by atoms with E-state index in [1.165, 1.54) is 0 Å². The summed E-state index contributed by atoms with van der Waals surface area (Å²) in [6, 6.07) is 15.8. The van der Waals surface area contributed by atoms with Gasteiger partial charge in [0.25, 0.3) is 0 Å². The molecule has 6 heteroatoms. The van der Waals surface area contributed by atoms with Crippen LogP contribution in [-0.4, -0.2) is 14.5 Å². The Labute approximate surface area is 150 Å². The number of anilines is 2. The highest BCUT2D eigenvalue weighted by molar-refractivity contribution is 6.31. The molecule has 0 saturated heterocycles. The summed E-state index contributed by atoms with van der Waals surface area (Å²) in [5, 5.41) is 5.14. The Bertz CT molecular complexity index is 1030. The predicted octanol–water partition coefficient (Wildman–Crippen LogP) is 5.25. The zero-order valence-electron chi connectivity index (χ0n) is 13.2. The topological polar surface area (TPSA) is 42.7 Å². The summed E-state index contributed by atoms with van der Waals surface area (Å²) in [4.78, 5) is 9.22. The lowest BCUT2D eigenvalue weighted by atomic mass is 10.1. The molecule has 0 saturated carbocycles. The molecule has 0 atom stereocenters. The molecule has 4 aromatic rings. The molecule has 2 aromatic carbocycles. The number of rotatable bonds is 2.